The van der Waals surface area contributed by atoms with E-state index in [-0.39, 0.29) is 39.9 Å². The highest BCUT2D eigenvalue weighted by Crippen LogP contribution is 2.66. The number of nitrogens with zero attached hydrogens (tertiary/aromatic N) is 5. The number of nitrogens with one attached hydrogen (secondary N) is 3. The number of aromatic amines is 1. The molecule has 4 aromatic rings. The summed E-state index contributed by atoms with van der Waals surface area (Å²) < 4.78 is 127. The van der Waals surface area contributed by atoms with Crippen LogP contribution >= 0.6 is 23.4 Å². The summed E-state index contributed by atoms with van der Waals surface area (Å²) in [5.41, 5.74) is 7.81. The number of imidazole rings is 1. The molecule has 3 aliphatic rings. The fraction of sp³-hybridized carbons (Fsp3) is 0.444. The zero-order chi connectivity index (χ0) is 58.3. The van der Waals surface area contributed by atoms with E-state index in [1.54, 1.807) is 12.1 Å². The van der Waals surface area contributed by atoms with Crippen LogP contribution in [0.2, 0.25) is 0 Å². The van der Waals surface area contributed by atoms with Crippen molar-refractivity contribution in [2.24, 2.45) is 0 Å². The van der Waals surface area contributed by atoms with Gasteiger partial charge in [0.05, 0.1) is 28.1 Å². The lowest BCUT2D eigenvalue weighted by Crippen LogP contribution is -2.33. The van der Waals surface area contributed by atoms with Crippen LogP contribution in [0.5, 0.6) is 0 Å². The predicted octanol–water partition coefficient (Wildman–Crippen LogP) is 3.32. The zero-order valence-corrected chi connectivity index (χ0v) is 47.3. The van der Waals surface area contributed by atoms with E-state index in [4.69, 9.17) is 10.5 Å². The summed E-state index contributed by atoms with van der Waals surface area (Å²) in [5, 5.41) is 25.5. The second kappa shape index (κ2) is 23.4. The Bertz CT molecular complexity index is 3600. The number of nitrogen functional groups attached to an aromatic ring is 1. The third-order valence-electron chi connectivity index (χ3n) is 13.3. The quantitative estimate of drug-likeness (QED) is 0.0158. The van der Waals surface area contributed by atoms with Gasteiger partial charge in [-0.05, 0) is 75.6 Å². The van der Waals surface area contributed by atoms with Gasteiger partial charge in [-0.2, -0.15) is 35.0 Å². The van der Waals surface area contributed by atoms with Crippen molar-refractivity contribution in [1.82, 2.24) is 29.9 Å². The number of carbonyl (C=O) groups excluding carboxylic acids is 1. The van der Waals surface area contributed by atoms with Crippen molar-refractivity contribution < 1.29 is 91.8 Å². The van der Waals surface area contributed by atoms with Gasteiger partial charge < -0.3 is 45.6 Å². The van der Waals surface area contributed by atoms with Crippen molar-refractivity contribution in [3.05, 3.63) is 100 Å². The van der Waals surface area contributed by atoms with E-state index in [1.807, 2.05) is 74.7 Å². The number of benzene rings is 2. The second-order valence-electron chi connectivity index (χ2n) is 19.4. The van der Waals surface area contributed by atoms with Gasteiger partial charge in [0.15, 0.2) is 23.1 Å². The number of amides is 1. The minimum Gasteiger partial charge on any atom is -0.387 e. The predicted molar refractivity (Wildman–Crippen MR) is 283 cm³/mol. The molecular weight excluding hydrogens is 1140 g/mol. The number of hydrogen-bond acceptors (Lipinski definition) is 19. The molecular formula is C45H61N9O20P3S2+. The number of aromatic nitrogens is 4. The first-order chi connectivity index (χ1) is 36.7. The van der Waals surface area contributed by atoms with E-state index in [0.29, 0.717) is 43.6 Å². The van der Waals surface area contributed by atoms with Crippen molar-refractivity contribution in [1.29, 1.82) is 0 Å². The van der Waals surface area contributed by atoms with Crippen LogP contribution in [0, 0.1) is 0 Å². The number of carbonyl (C=O) groups is 1. The molecule has 12 N–H and O–H groups in total. The number of hydrogen-bond donors (Lipinski definition) is 11. The molecule has 79 heavy (non-hydrogen) atoms. The Morgan fingerprint density at radius 2 is 1.57 bits per heavy atom. The first kappa shape index (κ1) is 61.5. The Hall–Kier alpha value is -5.14. The summed E-state index contributed by atoms with van der Waals surface area (Å²) in [4.78, 5) is 66.8. The average molecular weight is 1210 g/mol. The molecule has 1 amide bonds. The molecule has 0 bridgehead atoms. The number of aliphatic hydroxyl groups excluding tert-OH is 2. The van der Waals surface area contributed by atoms with E-state index >= 15 is 0 Å². The lowest BCUT2D eigenvalue weighted by Gasteiger charge is -2.25. The molecule has 0 radical (unpaired) electrons. The molecule has 29 nitrogen and oxygen atoms in total. The highest BCUT2D eigenvalue weighted by molar-refractivity contribution is 7.86. The second-order valence-corrected chi connectivity index (χ2v) is 27.1. The van der Waals surface area contributed by atoms with Crippen molar-refractivity contribution in [3.63, 3.8) is 0 Å². The van der Waals surface area contributed by atoms with Crippen molar-refractivity contribution >= 4 is 83.7 Å². The van der Waals surface area contributed by atoms with Gasteiger partial charge >= 0.3 is 23.4 Å². The number of likely N-dealkylation sites (N-methyl/N-ethyl adjacent to an activating group) is 1. The number of nitrogens with two attached hydrogens (primary N) is 1. The van der Waals surface area contributed by atoms with Crippen molar-refractivity contribution in [2.45, 2.75) is 105 Å². The average Bonchev–Trinajstić information content (AvgIpc) is 4.23. The minimum atomic E-state index is -5.87. The van der Waals surface area contributed by atoms with E-state index in [1.165, 1.54) is 24.3 Å². The number of phosphoric ester groups is 1. The van der Waals surface area contributed by atoms with Crippen LogP contribution in [0.15, 0.2) is 93.4 Å². The number of rotatable bonds is 24. The highest BCUT2D eigenvalue weighted by Gasteiger charge is 2.48. The van der Waals surface area contributed by atoms with Crippen LogP contribution in [0.25, 0.3) is 11.2 Å². The number of H-pyrrole nitrogens is 1. The van der Waals surface area contributed by atoms with E-state index < -0.39 is 104 Å². The first-order valence-electron chi connectivity index (χ1n) is 24.2. The molecule has 34 heteroatoms. The van der Waals surface area contributed by atoms with Crippen LogP contribution in [0.4, 0.5) is 17.3 Å². The van der Waals surface area contributed by atoms with Crippen molar-refractivity contribution in [3.8, 4) is 0 Å². The Balaban J connectivity index is 0.882. The van der Waals surface area contributed by atoms with Gasteiger partial charge in [0.25, 0.3) is 25.8 Å². The molecule has 1 saturated heterocycles. The number of allylic oxidation sites excluding steroid dienone is 6. The molecule has 7 atom stereocenters. The molecule has 1 fully saturated rings. The van der Waals surface area contributed by atoms with Gasteiger partial charge in [0.1, 0.15) is 24.9 Å². The van der Waals surface area contributed by atoms with Gasteiger partial charge in [-0.1, -0.05) is 32.1 Å². The Morgan fingerprint density at radius 1 is 0.899 bits per heavy atom. The number of fused-ring (bicyclic) bond motifs is 3. The first-order valence-corrected chi connectivity index (χ1v) is 31.7. The monoisotopic (exact) mass is 1200 g/mol. The van der Waals surface area contributed by atoms with Crippen LogP contribution in [-0.4, -0.2) is 138 Å². The molecule has 3 aliphatic heterocycles. The maximum atomic E-state index is 12.7. The maximum Gasteiger partial charge on any atom is 0.489 e. The summed E-state index contributed by atoms with van der Waals surface area (Å²) in [6.07, 6.45) is 5.28. The third-order valence-corrected chi connectivity index (χ3v) is 19.5. The summed E-state index contributed by atoms with van der Waals surface area (Å²) >= 11 is 0. The Kier molecular flexibility index (Phi) is 18.2. The van der Waals surface area contributed by atoms with Crippen molar-refractivity contribution in [2.75, 3.05) is 43.4 Å². The van der Waals surface area contributed by atoms with Gasteiger partial charge in [-0.25, -0.2) is 23.8 Å². The summed E-state index contributed by atoms with van der Waals surface area (Å²) in [5.74, 6) is -0.755. The molecule has 5 heterocycles. The smallest absolute Gasteiger partial charge is 0.387 e. The largest absolute Gasteiger partial charge is 0.489 e. The number of anilines is 2. The van der Waals surface area contributed by atoms with Gasteiger partial charge in [-0.15, -0.1) is 0 Å². The lowest BCUT2D eigenvalue weighted by atomic mass is 9.81. The topological polar surface area (TPSA) is 435 Å². The summed E-state index contributed by atoms with van der Waals surface area (Å²) in [6, 6.07) is 8.89. The highest BCUT2D eigenvalue weighted by atomic mass is 32.2. The number of unbranched alkanes of at least 4 members (excludes halogenated alkanes) is 2. The summed E-state index contributed by atoms with van der Waals surface area (Å²) in [7, 11) is -25.7. The van der Waals surface area contributed by atoms with E-state index in [0.717, 1.165) is 33.6 Å². The van der Waals surface area contributed by atoms with E-state index in [2.05, 4.69) is 38.3 Å². The summed E-state index contributed by atoms with van der Waals surface area (Å²) in [6.45, 7) is 8.92. The molecule has 432 valence electrons. The van der Waals surface area contributed by atoms with Gasteiger partial charge in [0.2, 0.25) is 17.5 Å². The fourth-order valence-corrected chi connectivity index (χ4v) is 14.2. The molecule has 0 spiro atoms. The normalized spacial score (nSPS) is 22.9. The maximum absolute atomic E-state index is 12.7. The molecule has 0 saturated carbocycles. The molecule has 7 rings (SSSR count). The van der Waals surface area contributed by atoms with Crippen LogP contribution in [0.1, 0.15) is 77.7 Å². The van der Waals surface area contributed by atoms with Crippen LogP contribution in [0.3, 0.4) is 0 Å². The van der Waals surface area contributed by atoms with Gasteiger partial charge in [-0.3, -0.25) is 32.8 Å². The number of aliphatic hydroxyl groups is 2. The van der Waals surface area contributed by atoms with Gasteiger partial charge in [0, 0.05) is 67.0 Å². The molecule has 2 aromatic heterocycles. The number of phosphoric acid groups is 2. The van der Waals surface area contributed by atoms with E-state index in [9.17, 15) is 74.1 Å². The molecule has 2 aromatic carbocycles. The lowest BCUT2D eigenvalue weighted by molar-refractivity contribution is -0.438. The fourth-order valence-electron chi connectivity index (χ4n) is 9.52. The third kappa shape index (κ3) is 14.0. The SMILES string of the molecule is CCN1/C(=C/C=C/C=C/C2=[N+](CCCCCC(=O)NCCNP(=O)(O)OP(=O)(O)OP(=O)(O)OCC3OC(n4cnc5c(=O)[nH]c(N)nc54)C(O)C3O)c3ccc(S(=O)(=O)O)cc3C2(C)C)C(C)(C)c2cc(S(=O)(=O)O)ccc21. The Morgan fingerprint density at radius 3 is 2.24 bits per heavy atom. The molecule has 0 aliphatic carbocycles. The zero-order valence-electron chi connectivity index (χ0n) is 43.0. The van der Waals surface area contributed by atoms with Crippen LogP contribution < -0.4 is 26.6 Å². The standard InChI is InChI=1S/C45H60N9O20P3S2/c1-6-52-31-18-16-27(78(65,66)67)23-29(31)44(2,3)34(52)13-9-7-10-14-35-45(4,5)30-24-28(79(68,69)70)17-19-32(30)53(35)22-12-8-11-15-36(55)47-20-21-49-75(59,60)73-77(63,64)74-76(61,62)71-25-33-38(56)39(57)42(72-33)54-26-48-37-40(54)50-43(46)51-41(37)58/h7,9-10,13-14,16-19,23-24,26,33,38-39,42,56-57H,6,8,11-12,15,20-22,25H2,1-5H3,(H9-,46,47,49,50,51,55,58,59,60,61,62,63,64,65,66,67,68,69,70)/p+1. The number of ether oxygens (including phenoxy) is 1. The minimum absolute atomic E-state index is 0.0326. The van der Waals surface area contributed by atoms with Crippen LogP contribution in [-0.2, 0) is 67.4 Å². The Labute approximate surface area is 452 Å². The molecule has 7 unspecified atom stereocenters.